The van der Waals surface area contributed by atoms with Crippen LogP contribution in [0.3, 0.4) is 0 Å². The van der Waals surface area contributed by atoms with E-state index >= 15 is 0 Å². The van der Waals surface area contributed by atoms with Crippen LogP contribution in [-0.2, 0) is 11.2 Å². The number of benzene rings is 2. The summed E-state index contributed by atoms with van der Waals surface area (Å²) in [7, 11) is 1.87. The van der Waals surface area contributed by atoms with E-state index in [0.717, 1.165) is 18.4 Å². The van der Waals surface area contributed by atoms with Crippen LogP contribution < -0.4 is 11.1 Å². The number of carbonyl (C=O) groups excluding carboxylic acids is 2. The van der Waals surface area contributed by atoms with Crippen LogP contribution in [-0.4, -0.2) is 29.8 Å². The van der Waals surface area contributed by atoms with Crippen molar-refractivity contribution < 1.29 is 9.59 Å². The number of nitrogens with zero attached hydrogens (tertiary/aromatic N) is 1. The van der Waals surface area contributed by atoms with Gasteiger partial charge in [-0.05, 0) is 42.7 Å². The molecule has 0 heterocycles. The standard InChI is InChI=1S/C22H27N3O2/c1-25(18-7-3-2-4-8-18)22(27)19-9-5-6-10-20(19)24-21(26)15-16-11-13-17(23)14-12-16/h5-6,9-14,18H,2-4,7-8,15,23H2,1H3,(H,24,26). The van der Waals surface area contributed by atoms with Gasteiger partial charge in [0, 0.05) is 18.8 Å². The fourth-order valence-corrected chi connectivity index (χ4v) is 3.62. The van der Waals surface area contributed by atoms with E-state index in [1.165, 1.54) is 19.3 Å². The Balaban J connectivity index is 1.70. The number of hydrogen-bond acceptors (Lipinski definition) is 3. The summed E-state index contributed by atoms with van der Waals surface area (Å²) in [5.74, 6) is -0.189. The molecule has 5 heteroatoms. The van der Waals surface area contributed by atoms with Crippen LogP contribution in [0.5, 0.6) is 0 Å². The lowest BCUT2D eigenvalue weighted by Gasteiger charge is -2.31. The largest absolute Gasteiger partial charge is 0.399 e. The molecule has 0 radical (unpaired) electrons. The number of nitrogen functional groups attached to an aromatic ring is 1. The van der Waals surface area contributed by atoms with Gasteiger partial charge in [-0.1, -0.05) is 43.5 Å². The summed E-state index contributed by atoms with van der Waals surface area (Å²) in [4.78, 5) is 27.3. The van der Waals surface area contributed by atoms with Crippen LogP contribution in [0.2, 0.25) is 0 Å². The minimum Gasteiger partial charge on any atom is -0.399 e. The van der Waals surface area contributed by atoms with Crippen molar-refractivity contribution in [3.63, 3.8) is 0 Å². The molecular formula is C22H27N3O2. The summed E-state index contributed by atoms with van der Waals surface area (Å²) in [6, 6.07) is 14.7. The second-order valence-corrected chi connectivity index (χ2v) is 7.22. The quantitative estimate of drug-likeness (QED) is 0.790. The number of para-hydroxylation sites is 1. The maximum Gasteiger partial charge on any atom is 0.255 e. The van der Waals surface area contributed by atoms with Crippen molar-refractivity contribution in [3.05, 3.63) is 59.7 Å². The molecule has 3 rings (SSSR count). The van der Waals surface area contributed by atoms with Crippen molar-refractivity contribution in [2.75, 3.05) is 18.1 Å². The second-order valence-electron chi connectivity index (χ2n) is 7.22. The van der Waals surface area contributed by atoms with Gasteiger partial charge >= 0.3 is 0 Å². The van der Waals surface area contributed by atoms with E-state index in [9.17, 15) is 9.59 Å². The highest BCUT2D eigenvalue weighted by Gasteiger charge is 2.24. The SMILES string of the molecule is CN(C(=O)c1ccccc1NC(=O)Cc1ccc(N)cc1)C1CCCCC1. The average molecular weight is 365 g/mol. The number of anilines is 2. The predicted molar refractivity (Wildman–Crippen MR) is 109 cm³/mol. The lowest BCUT2D eigenvalue weighted by atomic mass is 9.94. The maximum atomic E-state index is 13.0. The van der Waals surface area contributed by atoms with Crippen LogP contribution >= 0.6 is 0 Å². The fraction of sp³-hybridized carbons (Fsp3) is 0.364. The fourth-order valence-electron chi connectivity index (χ4n) is 3.62. The third kappa shape index (κ3) is 4.88. The van der Waals surface area contributed by atoms with Gasteiger partial charge < -0.3 is 16.0 Å². The molecule has 3 N–H and O–H groups in total. The van der Waals surface area contributed by atoms with Crippen molar-refractivity contribution in [3.8, 4) is 0 Å². The molecule has 0 unspecified atom stereocenters. The van der Waals surface area contributed by atoms with Crippen molar-refractivity contribution in [1.29, 1.82) is 0 Å². The zero-order chi connectivity index (χ0) is 19.2. The Bertz CT molecular complexity index is 795. The Labute approximate surface area is 160 Å². The first-order valence-corrected chi connectivity index (χ1v) is 9.55. The monoisotopic (exact) mass is 365 g/mol. The highest BCUT2D eigenvalue weighted by Crippen LogP contribution is 2.25. The maximum absolute atomic E-state index is 13.0. The second kappa shape index (κ2) is 8.71. The van der Waals surface area contributed by atoms with Gasteiger partial charge in [0.15, 0.2) is 0 Å². The molecule has 0 spiro atoms. The molecule has 1 aliphatic rings. The average Bonchev–Trinajstić information content (AvgIpc) is 2.70. The number of carbonyl (C=O) groups is 2. The minimum atomic E-state index is -0.152. The van der Waals surface area contributed by atoms with Crippen LogP contribution in [0.4, 0.5) is 11.4 Å². The molecule has 0 atom stereocenters. The van der Waals surface area contributed by atoms with E-state index in [2.05, 4.69) is 5.32 Å². The van der Waals surface area contributed by atoms with E-state index in [1.54, 1.807) is 24.3 Å². The first kappa shape index (κ1) is 19.0. The highest BCUT2D eigenvalue weighted by atomic mass is 16.2. The van der Waals surface area contributed by atoms with Crippen molar-refractivity contribution >= 4 is 23.2 Å². The number of nitrogens with one attached hydrogen (secondary N) is 1. The molecule has 2 amide bonds. The van der Waals surface area contributed by atoms with Crippen LogP contribution in [0.15, 0.2) is 48.5 Å². The zero-order valence-electron chi connectivity index (χ0n) is 15.8. The van der Waals surface area contributed by atoms with Gasteiger partial charge in [-0.2, -0.15) is 0 Å². The third-order valence-corrected chi connectivity index (χ3v) is 5.22. The molecule has 1 saturated carbocycles. The smallest absolute Gasteiger partial charge is 0.255 e. The Kier molecular flexibility index (Phi) is 6.12. The Morgan fingerprint density at radius 2 is 1.70 bits per heavy atom. The number of rotatable bonds is 5. The molecule has 0 bridgehead atoms. The zero-order valence-corrected chi connectivity index (χ0v) is 15.8. The van der Waals surface area contributed by atoms with E-state index < -0.39 is 0 Å². The van der Waals surface area contributed by atoms with Gasteiger partial charge in [-0.25, -0.2) is 0 Å². The van der Waals surface area contributed by atoms with Crippen LogP contribution in [0.1, 0.15) is 48.0 Å². The van der Waals surface area contributed by atoms with Crippen LogP contribution in [0.25, 0.3) is 0 Å². The molecule has 142 valence electrons. The number of amides is 2. The summed E-state index contributed by atoms with van der Waals surface area (Å²) in [6.45, 7) is 0. The lowest BCUT2D eigenvalue weighted by Crippen LogP contribution is -2.38. The topological polar surface area (TPSA) is 75.4 Å². The third-order valence-electron chi connectivity index (χ3n) is 5.22. The lowest BCUT2D eigenvalue weighted by molar-refractivity contribution is -0.115. The number of nitrogens with two attached hydrogens (primary N) is 1. The summed E-state index contributed by atoms with van der Waals surface area (Å²) in [5, 5.41) is 2.89. The van der Waals surface area contributed by atoms with Crippen molar-refractivity contribution in [1.82, 2.24) is 4.90 Å². The summed E-state index contributed by atoms with van der Waals surface area (Å²) >= 11 is 0. The normalized spacial score (nSPS) is 14.6. The molecule has 0 aliphatic heterocycles. The summed E-state index contributed by atoms with van der Waals surface area (Å²) in [5.41, 5.74) is 8.33. The van der Waals surface area contributed by atoms with Crippen LogP contribution in [0, 0.1) is 0 Å². The van der Waals surface area contributed by atoms with E-state index in [-0.39, 0.29) is 24.3 Å². The molecule has 1 aliphatic carbocycles. The van der Waals surface area contributed by atoms with Gasteiger partial charge in [0.1, 0.15) is 0 Å². The first-order chi connectivity index (χ1) is 13.0. The van der Waals surface area contributed by atoms with Gasteiger partial charge in [-0.15, -0.1) is 0 Å². The predicted octanol–water partition coefficient (Wildman–Crippen LogP) is 3.85. The minimum absolute atomic E-state index is 0.0368. The van der Waals surface area contributed by atoms with Gasteiger partial charge in [0.05, 0.1) is 17.7 Å². The Morgan fingerprint density at radius 1 is 1.04 bits per heavy atom. The number of hydrogen-bond donors (Lipinski definition) is 2. The summed E-state index contributed by atoms with van der Waals surface area (Å²) in [6.07, 6.45) is 5.92. The molecule has 1 fully saturated rings. The molecular weight excluding hydrogens is 338 g/mol. The van der Waals surface area contributed by atoms with Gasteiger partial charge in [0.25, 0.3) is 5.91 Å². The van der Waals surface area contributed by atoms with E-state index in [4.69, 9.17) is 5.73 Å². The summed E-state index contributed by atoms with van der Waals surface area (Å²) < 4.78 is 0. The van der Waals surface area contributed by atoms with Crippen molar-refractivity contribution in [2.24, 2.45) is 0 Å². The molecule has 0 saturated heterocycles. The Morgan fingerprint density at radius 3 is 2.41 bits per heavy atom. The highest BCUT2D eigenvalue weighted by molar-refractivity contribution is 6.04. The van der Waals surface area contributed by atoms with Gasteiger partial charge in [-0.3, -0.25) is 9.59 Å². The molecule has 2 aromatic carbocycles. The van der Waals surface area contributed by atoms with E-state index in [0.29, 0.717) is 16.9 Å². The molecule has 0 aromatic heterocycles. The Hall–Kier alpha value is -2.82. The van der Waals surface area contributed by atoms with Gasteiger partial charge in [0.2, 0.25) is 5.91 Å². The van der Waals surface area contributed by atoms with E-state index in [1.807, 2.05) is 36.2 Å². The molecule has 2 aromatic rings. The first-order valence-electron chi connectivity index (χ1n) is 9.55. The van der Waals surface area contributed by atoms with Crippen molar-refractivity contribution in [2.45, 2.75) is 44.6 Å². The molecule has 27 heavy (non-hydrogen) atoms. The molecule has 5 nitrogen and oxygen atoms in total.